The lowest BCUT2D eigenvalue weighted by Gasteiger charge is -2.16. The number of benzene rings is 2. The van der Waals surface area contributed by atoms with E-state index in [0.717, 1.165) is 10.9 Å². The molecule has 0 aliphatic heterocycles. The topological polar surface area (TPSA) is 127 Å². The number of aromatic nitrogens is 2. The zero-order chi connectivity index (χ0) is 21.7. The third-order valence-corrected chi connectivity index (χ3v) is 5.26. The highest BCUT2D eigenvalue weighted by Gasteiger charge is 2.20. The average Bonchev–Trinajstić information content (AvgIpc) is 2.78. The van der Waals surface area contributed by atoms with Crippen LogP contribution in [0.4, 0.5) is 5.82 Å². The number of anilines is 1. The number of para-hydroxylation sites is 1. The number of nitrogens with two attached hydrogens (primary N) is 1. The molecule has 0 aliphatic rings. The molecule has 8 heteroatoms. The van der Waals surface area contributed by atoms with Gasteiger partial charge in [0.1, 0.15) is 23.0 Å². The lowest BCUT2D eigenvalue weighted by atomic mass is 10.0. The first-order valence-electron chi connectivity index (χ1n) is 9.36. The Balaban J connectivity index is 2.01. The first-order valence-corrected chi connectivity index (χ1v) is 9.36. The number of nitrogens with one attached hydrogen (secondary N) is 1. The summed E-state index contributed by atoms with van der Waals surface area (Å²) in [7, 11) is 3.13. The van der Waals surface area contributed by atoms with E-state index in [2.05, 4.69) is 16.0 Å². The molecule has 2 aromatic carbocycles. The van der Waals surface area contributed by atoms with Crippen molar-refractivity contribution in [3.8, 4) is 28.8 Å². The van der Waals surface area contributed by atoms with Crippen LogP contribution in [-0.4, -0.2) is 24.2 Å². The SMILES string of the molecule is COc1cccc(-c2cc3c4ccc(=O)cc4oc4nc(N)c(C#N)c([nH]2)c43)c1OC. The summed E-state index contributed by atoms with van der Waals surface area (Å²) in [5.74, 6) is 1.14. The molecule has 0 aliphatic carbocycles. The number of aromatic amines is 1. The first kappa shape index (κ1) is 18.5. The number of pyridine rings is 2. The van der Waals surface area contributed by atoms with Crippen LogP contribution in [-0.2, 0) is 0 Å². The van der Waals surface area contributed by atoms with Crippen LogP contribution in [0.2, 0.25) is 0 Å². The predicted molar refractivity (Wildman–Crippen MR) is 117 cm³/mol. The third kappa shape index (κ3) is 2.68. The Hall–Kier alpha value is -4.51. The van der Waals surface area contributed by atoms with Gasteiger partial charge in [-0.25, -0.2) is 0 Å². The molecule has 0 bridgehead atoms. The van der Waals surface area contributed by atoms with Crippen molar-refractivity contribution in [1.82, 2.24) is 9.97 Å². The van der Waals surface area contributed by atoms with E-state index in [1.807, 2.05) is 18.2 Å². The Morgan fingerprint density at radius 1 is 1.13 bits per heavy atom. The number of ether oxygens (including phenoxy) is 2. The van der Waals surface area contributed by atoms with Gasteiger partial charge in [-0.2, -0.15) is 10.2 Å². The molecule has 0 fully saturated rings. The Kier molecular flexibility index (Phi) is 4.05. The van der Waals surface area contributed by atoms with Crippen LogP contribution < -0.4 is 20.6 Å². The van der Waals surface area contributed by atoms with Gasteiger partial charge in [0.25, 0.3) is 0 Å². The second kappa shape index (κ2) is 6.78. The van der Waals surface area contributed by atoms with Crippen LogP contribution >= 0.6 is 0 Å². The molecule has 0 amide bonds. The summed E-state index contributed by atoms with van der Waals surface area (Å²) in [6.07, 6.45) is 0. The summed E-state index contributed by atoms with van der Waals surface area (Å²) in [5, 5.41) is 11.8. The number of nitriles is 1. The highest BCUT2D eigenvalue weighted by molar-refractivity contribution is 6.18. The summed E-state index contributed by atoms with van der Waals surface area (Å²) in [6, 6.07) is 14.1. The lowest BCUT2D eigenvalue weighted by molar-refractivity contribution is 0.356. The fourth-order valence-electron chi connectivity index (χ4n) is 3.90. The van der Waals surface area contributed by atoms with Gasteiger partial charge < -0.3 is 24.6 Å². The molecule has 5 rings (SSSR count). The molecule has 3 N–H and O–H groups in total. The number of nitrogens with zero attached hydrogens (tertiary/aromatic N) is 2. The van der Waals surface area contributed by atoms with Crippen molar-refractivity contribution in [2.24, 2.45) is 0 Å². The zero-order valence-electron chi connectivity index (χ0n) is 16.6. The van der Waals surface area contributed by atoms with Crippen LogP contribution in [0.25, 0.3) is 44.2 Å². The van der Waals surface area contributed by atoms with Gasteiger partial charge in [-0.05, 0) is 30.3 Å². The number of methoxy groups -OCH3 is 2. The van der Waals surface area contributed by atoms with Crippen molar-refractivity contribution < 1.29 is 13.9 Å². The monoisotopic (exact) mass is 412 g/mol. The molecular formula is C23H16N4O4. The number of rotatable bonds is 3. The molecule has 0 radical (unpaired) electrons. The summed E-state index contributed by atoms with van der Waals surface area (Å²) >= 11 is 0. The van der Waals surface area contributed by atoms with E-state index in [4.69, 9.17) is 19.6 Å². The molecule has 152 valence electrons. The van der Waals surface area contributed by atoms with Crippen LogP contribution in [0.1, 0.15) is 5.56 Å². The van der Waals surface area contributed by atoms with Crippen molar-refractivity contribution in [3.63, 3.8) is 0 Å². The minimum absolute atomic E-state index is 0.0312. The number of H-pyrrole nitrogens is 1. The molecule has 0 saturated heterocycles. The molecule has 0 spiro atoms. The highest BCUT2D eigenvalue weighted by atomic mass is 16.5. The molecule has 3 heterocycles. The number of fused-ring (bicyclic) bond motifs is 2. The molecular weight excluding hydrogens is 396 g/mol. The number of nitrogen functional groups attached to an aromatic ring is 1. The smallest absolute Gasteiger partial charge is 0.231 e. The maximum Gasteiger partial charge on any atom is 0.231 e. The third-order valence-electron chi connectivity index (χ3n) is 5.26. The van der Waals surface area contributed by atoms with Gasteiger partial charge in [-0.1, -0.05) is 6.07 Å². The predicted octanol–water partition coefficient (Wildman–Crippen LogP) is 3.96. The highest BCUT2D eigenvalue weighted by Crippen LogP contribution is 2.41. The van der Waals surface area contributed by atoms with Crippen molar-refractivity contribution in [2.45, 2.75) is 0 Å². The van der Waals surface area contributed by atoms with Gasteiger partial charge in [0.2, 0.25) is 5.71 Å². The van der Waals surface area contributed by atoms with E-state index in [1.165, 1.54) is 12.1 Å². The van der Waals surface area contributed by atoms with E-state index in [9.17, 15) is 10.1 Å². The Labute approximate surface area is 175 Å². The molecule has 0 unspecified atom stereocenters. The fourth-order valence-corrected chi connectivity index (χ4v) is 3.90. The van der Waals surface area contributed by atoms with E-state index in [0.29, 0.717) is 39.1 Å². The van der Waals surface area contributed by atoms with E-state index < -0.39 is 0 Å². The van der Waals surface area contributed by atoms with Crippen LogP contribution in [0.3, 0.4) is 0 Å². The van der Waals surface area contributed by atoms with Crippen LogP contribution in [0, 0.1) is 11.3 Å². The van der Waals surface area contributed by atoms with Gasteiger partial charge in [0, 0.05) is 22.4 Å². The van der Waals surface area contributed by atoms with Gasteiger partial charge in [0.15, 0.2) is 16.9 Å². The normalized spacial score (nSPS) is 11.1. The largest absolute Gasteiger partial charge is 0.493 e. The zero-order valence-corrected chi connectivity index (χ0v) is 16.6. The van der Waals surface area contributed by atoms with Crippen LogP contribution in [0.15, 0.2) is 51.7 Å². The van der Waals surface area contributed by atoms with E-state index >= 15 is 0 Å². The van der Waals surface area contributed by atoms with Crippen molar-refractivity contribution >= 4 is 38.8 Å². The standard InChI is InChI=1S/C23H16N4O4/c1-29-17-5-3-4-13(21(17)30-2)16-9-14-12-7-6-11(28)8-18(12)31-23-19(14)20(26-16)15(10-24)22(25)27-23/h3-9,26H,1-2H3,(H2,25,27). The van der Waals surface area contributed by atoms with Crippen LogP contribution in [0.5, 0.6) is 11.5 Å². The molecule has 31 heavy (non-hydrogen) atoms. The summed E-state index contributed by atoms with van der Waals surface area (Å²) in [6.45, 7) is 0. The number of hydrogen-bond acceptors (Lipinski definition) is 7. The number of hydrogen-bond donors (Lipinski definition) is 2. The molecule has 5 aromatic rings. The fraction of sp³-hybridized carbons (Fsp3) is 0.0870. The van der Waals surface area contributed by atoms with Gasteiger partial charge in [-0.3, -0.25) is 4.79 Å². The maximum atomic E-state index is 11.9. The summed E-state index contributed by atoms with van der Waals surface area (Å²) in [4.78, 5) is 19.5. The second-order valence-electron chi connectivity index (χ2n) is 6.94. The Morgan fingerprint density at radius 2 is 1.97 bits per heavy atom. The molecule has 0 atom stereocenters. The van der Waals surface area contributed by atoms with E-state index in [-0.39, 0.29) is 22.5 Å². The maximum absolute atomic E-state index is 11.9. The quantitative estimate of drug-likeness (QED) is 0.339. The first-order chi connectivity index (χ1) is 15.0. The van der Waals surface area contributed by atoms with Crippen molar-refractivity contribution in [2.75, 3.05) is 20.0 Å². The minimum atomic E-state index is -0.183. The second-order valence-corrected chi connectivity index (χ2v) is 6.94. The van der Waals surface area contributed by atoms with Gasteiger partial charge >= 0.3 is 0 Å². The lowest BCUT2D eigenvalue weighted by Crippen LogP contribution is -2.02. The molecule has 8 nitrogen and oxygen atoms in total. The van der Waals surface area contributed by atoms with Crippen molar-refractivity contribution in [3.05, 3.63) is 58.3 Å². The molecule has 0 saturated carbocycles. The average molecular weight is 412 g/mol. The minimum Gasteiger partial charge on any atom is -0.493 e. The Bertz CT molecular complexity index is 1610. The van der Waals surface area contributed by atoms with Gasteiger partial charge in [-0.15, -0.1) is 0 Å². The summed E-state index contributed by atoms with van der Waals surface area (Å²) in [5.41, 5.74) is 8.58. The van der Waals surface area contributed by atoms with E-state index in [1.54, 1.807) is 26.4 Å². The van der Waals surface area contributed by atoms with Crippen molar-refractivity contribution in [1.29, 1.82) is 5.26 Å². The van der Waals surface area contributed by atoms with Gasteiger partial charge in [0.05, 0.1) is 30.8 Å². The Morgan fingerprint density at radius 3 is 2.71 bits per heavy atom. The summed E-state index contributed by atoms with van der Waals surface area (Å²) < 4.78 is 16.9. The molecule has 3 aromatic heterocycles.